The van der Waals surface area contributed by atoms with Crippen LogP contribution in [0.15, 0.2) is 23.1 Å². The first-order chi connectivity index (χ1) is 6.63. The number of fused-ring (bicyclic) bond motifs is 1. The smallest absolute Gasteiger partial charge is 0.258 e. The topological polar surface area (TPSA) is 55.1 Å². The molecule has 0 spiro atoms. The lowest BCUT2D eigenvalue weighted by atomic mass is 10.2. The number of pyridine rings is 2. The lowest BCUT2D eigenvalue weighted by molar-refractivity contribution is 0.474. The highest BCUT2D eigenvalue weighted by Gasteiger charge is 2.10. The molecule has 0 aromatic carbocycles. The number of aromatic hydroxyl groups is 1. The summed E-state index contributed by atoms with van der Waals surface area (Å²) in [5.74, 6) is 0.0243. The van der Waals surface area contributed by atoms with E-state index in [0.717, 1.165) is 0 Å². The van der Waals surface area contributed by atoms with E-state index in [1.807, 2.05) is 0 Å². The van der Waals surface area contributed by atoms with Gasteiger partial charge in [-0.15, -0.1) is 0 Å². The molecule has 0 fully saturated rings. The zero-order chi connectivity index (χ0) is 10.3. The van der Waals surface area contributed by atoms with Crippen molar-refractivity contribution in [1.82, 2.24) is 9.55 Å². The quantitative estimate of drug-likeness (QED) is 0.672. The zero-order valence-electron chi connectivity index (χ0n) is 7.98. The third-order valence-electron chi connectivity index (χ3n) is 2.34. The average Bonchev–Trinajstić information content (AvgIpc) is 2.23. The van der Waals surface area contributed by atoms with Gasteiger partial charge in [0.05, 0.1) is 10.9 Å². The Morgan fingerprint density at radius 3 is 2.93 bits per heavy atom. The summed E-state index contributed by atoms with van der Waals surface area (Å²) in [6, 6.07) is 3.47. The molecule has 2 aromatic heterocycles. The van der Waals surface area contributed by atoms with Gasteiger partial charge < -0.3 is 5.11 Å². The minimum absolute atomic E-state index is 0.0243. The number of hydrogen-bond donors (Lipinski definition) is 1. The van der Waals surface area contributed by atoms with Gasteiger partial charge in [0, 0.05) is 13.2 Å². The van der Waals surface area contributed by atoms with Crippen molar-refractivity contribution < 1.29 is 5.11 Å². The van der Waals surface area contributed by atoms with Crippen molar-refractivity contribution in [1.29, 1.82) is 0 Å². The predicted octanol–water partition coefficient (Wildman–Crippen LogP) is 0.948. The van der Waals surface area contributed by atoms with Crippen LogP contribution in [-0.2, 0) is 7.05 Å². The fourth-order valence-electron chi connectivity index (χ4n) is 1.50. The molecule has 14 heavy (non-hydrogen) atoms. The maximum atomic E-state index is 11.6. The van der Waals surface area contributed by atoms with Gasteiger partial charge in [0.2, 0.25) is 0 Å². The third kappa shape index (κ3) is 1.00. The molecule has 4 heteroatoms. The Kier molecular flexibility index (Phi) is 1.77. The Balaban J connectivity index is 3.10. The van der Waals surface area contributed by atoms with Gasteiger partial charge in [-0.3, -0.25) is 9.36 Å². The van der Waals surface area contributed by atoms with Gasteiger partial charge in [0.25, 0.3) is 5.56 Å². The van der Waals surface area contributed by atoms with Crippen molar-refractivity contribution in [2.75, 3.05) is 0 Å². The van der Waals surface area contributed by atoms with Gasteiger partial charge >= 0.3 is 0 Å². The summed E-state index contributed by atoms with van der Waals surface area (Å²) >= 11 is 0. The Hall–Kier alpha value is -1.84. The van der Waals surface area contributed by atoms with Crippen molar-refractivity contribution >= 4 is 11.0 Å². The number of aromatic nitrogens is 2. The predicted molar refractivity (Wildman–Crippen MR) is 53.4 cm³/mol. The molecular formula is C10H10N2O2. The van der Waals surface area contributed by atoms with E-state index in [4.69, 9.17) is 0 Å². The molecule has 0 bridgehead atoms. The summed E-state index contributed by atoms with van der Waals surface area (Å²) in [5.41, 5.74) is 0.641. The first-order valence-corrected chi connectivity index (χ1v) is 4.26. The highest BCUT2D eigenvalue weighted by Crippen LogP contribution is 2.22. The molecular weight excluding hydrogens is 180 g/mol. The van der Waals surface area contributed by atoms with Crippen LogP contribution in [0.3, 0.4) is 0 Å². The molecule has 0 unspecified atom stereocenters. The largest absolute Gasteiger partial charge is 0.507 e. The molecule has 4 nitrogen and oxygen atoms in total. The molecule has 0 aliphatic rings. The van der Waals surface area contributed by atoms with Gasteiger partial charge in [0.15, 0.2) is 0 Å². The molecule has 0 amide bonds. The van der Waals surface area contributed by atoms with Gasteiger partial charge in [-0.25, -0.2) is 4.98 Å². The minimum atomic E-state index is -0.214. The van der Waals surface area contributed by atoms with E-state index >= 15 is 0 Å². The highest BCUT2D eigenvalue weighted by atomic mass is 16.3. The molecule has 0 radical (unpaired) electrons. The monoisotopic (exact) mass is 190 g/mol. The molecule has 0 aliphatic heterocycles. The summed E-state index contributed by atoms with van der Waals surface area (Å²) in [6.45, 7) is 1.60. The van der Waals surface area contributed by atoms with Crippen molar-refractivity contribution in [2.45, 2.75) is 6.92 Å². The Morgan fingerprint density at radius 2 is 2.21 bits per heavy atom. The molecule has 2 heterocycles. The highest BCUT2D eigenvalue weighted by molar-refractivity contribution is 5.82. The molecule has 1 N–H and O–H groups in total. The van der Waals surface area contributed by atoms with E-state index in [1.54, 1.807) is 32.3 Å². The minimum Gasteiger partial charge on any atom is -0.507 e. The number of aryl methyl sites for hydroxylation is 1. The van der Waals surface area contributed by atoms with Crippen LogP contribution in [0.1, 0.15) is 5.56 Å². The van der Waals surface area contributed by atoms with Gasteiger partial charge in [0.1, 0.15) is 11.4 Å². The van der Waals surface area contributed by atoms with Crippen LogP contribution in [0.5, 0.6) is 5.75 Å². The second-order valence-electron chi connectivity index (χ2n) is 3.21. The lowest BCUT2D eigenvalue weighted by Gasteiger charge is -2.07. The van der Waals surface area contributed by atoms with Crippen molar-refractivity contribution in [3.05, 3.63) is 34.2 Å². The summed E-state index contributed by atoms with van der Waals surface area (Å²) in [4.78, 5) is 15.6. The summed E-state index contributed by atoms with van der Waals surface area (Å²) in [6.07, 6.45) is 1.59. The SMILES string of the molecule is Cc1c(O)c2cccnc2n(C)c1=O. The van der Waals surface area contributed by atoms with Crippen LogP contribution < -0.4 is 5.56 Å². The zero-order valence-corrected chi connectivity index (χ0v) is 7.98. The van der Waals surface area contributed by atoms with Crippen LogP contribution in [0.25, 0.3) is 11.0 Å². The fourth-order valence-corrected chi connectivity index (χ4v) is 1.50. The van der Waals surface area contributed by atoms with Crippen LogP contribution in [0.4, 0.5) is 0 Å². The first-order valence-electron chi connectivity index (χ1n) is 4.26. The van der Waals surface area contributed by atoms with E-state index in [0.29, 0.717) is 16.6 Å². The van der Waals surface area contributed by atoms with Gasteiger partial charge in [-0.05, 0) is 19.1 Å². The molecule has 0 saturated heterocycles. The van der Waals surface area contributed by atoms with Crippen molar-refractivity contribution in [2.24, 2.45) is 7.05 Å². The maximum absolute atomic E-state index is 11.6. The van der Waals surface area contributed by atoms with E-state index < -0.39 is 0 Å². The van der Waals surface area contributed by atoms with Gasteiger partial charge in [-0.2, -0.15) is 0 Å². The van der Waals surface area contributed by atoms with Crippen LogP contribution in [0, 0.1) is 6.92 Å². The average molecular weight is 190 g/mol. The standard InChI is InChI=1S/C10H10N2O2/c1-6-8(13)7-4-3-5-11-9(7)12(2)10(6)14/h3-5,13H,1-2H3. The van der Waals surface area contributed by atoms with Crippen LogP contribution in [0.2, 0.25) is 0 Å². The number of hydrogen-bond acceptors (Lipinski definition) is 3. The maximum Gasteiger partial charge on any atom is 0.258 e. The van der Waals surface area contributed by atoms with Crippen LogP contribution >= 0.6 is 0 Å². The van der Waals surface area contributed by atoms with Crippen molar-refractivity contribution in [3.63, 3.8) is 0 Å². The second kappa shape index (κ2) is 2.83. The van der Waals surface area contributed by atoms with E-state index in [2.05, 4.69) is 4.98 Å². The Labute approximate surface area is 80.4 Å². The molecule has 2 aromatic rings. The summed E-state index contributed by atoms with van der Waals surface area (Å²) in [5, 5.41) is 10.3. The fraction of sp³-hybridized carbons (Fsp3) is 0.200. The van der Waals surface area contributed by atoms with E-state index in [9.17, 15) is 9.90 Å². The van der Waals surface area contributed by atoms with Crippen LogP contribution in [-0.4, -0.2) is 14.7 Å². The molecule has 0 saturated carbocycles. The molecule has 2 rings (SSSR count). The van der Waals surface area contributed by atoms with Crippen molar-refractivity contribution in [3.8, 4) is 5.75 Å². The second-order valence-corrected chi connectivity index (χ2v) is 3.21. The van der Waals surface area contributed by atoms with Gasteiger partial charge in [-0.1, -0.05) is 0 Å². The third-order valence-corrected chi connectivity index (χ3v) is 2.34. The lowest BCUT2D eigenvalue weighted by Crippen LogP contribution is -2.20. The van der Waals surface area contributed by atoms with E-state index in [1.165, 1.54) is 4.57 Å². The number of rotatable bonds is 0. The number of nitrogens with zero attached hydrogens (tertiary/aromatic N) is 2. The molecule has 0 aliphatic carbocycles. The summed E-state index contributed by atoms with van der Waals surface area (Å²) in [7, 11) is 1.64. The normalized spacial score (nSPS) is 10.7. The first kappa shape index (κ1) is 8.74. The van der Waals surface area contributed by atoms with E-state index in [-0.39, 0.29) is 11.3 Å². The molecule has 0 atom stereocenters. The molecule has 72 valence electrons. The Bertz CT molecular complexity index is 558. The summed E-state index contributed by atoms with van der Waals surface area (Å²) < 4.78 is 1.43. The Morgan fingerprint density at radius 1 is 1.50 bits per heavy atom.